The molecule has 1 amide bonds. The number of carbonyl (C=O) groups excluding carboxylic acids is 1. The first kappa shape index (κ1) is 22.9. The van der Waals surface area contributed by atoms with E-state index in [1.807, 2.05) is 45.9 Å². The van der Waals surface area contributed by atoms with Crippen LogP contribution in [-0.4, -0.2) is 26.6 Å². The quantitative estimate of drug-likeness (QED) is 0.730. The maximum absolute atomic E-state index is 13.1. The van der Waals surface area contributed by atoms with Crippen molar-refractivity contribution < 1.29 is 13.2 Å². The standard InChI is InChI=1S/C23H32N2O3S/c1-8-22(20-10-9-17(4)18(5)14-20)24-23(26)19(6)25(29(7,27)28)21-12-15(2)11-16(3)13-21/h9-14,19,22H,8H2,1-7H3,(H,24,26)/t19-,22+/m0/s1. The van der Waals surface area contributed by atoms with Crippen LogP contribution in [0.2, 0.25) is 0 Å². The van der Waals surface area contributed by atoms with Gasteiger partial charge in [0.2, 0.25) is 15.9 Å². The van der Waals surface area contributed by atoms with Gasteiger partial charge in [-0.3, -0.25) is 9.10 Å². The van der Waals surface area contributed by atoms with E-state index in [0.717, 1.165) is 28.5 Å². The molecule has 6 heteroatoms. The minimum Gasteiger partial charge on any atom is -0.347 e. The minimum atomic E-state index is -3.64. The zero-order valence-corrected chi connectivity index (χ0v) is 19.2. The number of hydrogen-bond donors (Lipinski definition) is 1. The molecule has 0 saturated heterocycles. The Morgan fingerprint density at radius 3 is 2.07 bits per heavy atom. The molecule has 0 aliphatic carbocycles. The van der Waals surface area contributed by atoms with Crippen LogP contribution in [0.1, 0.15) is 54.1 Å². The maximum atomic E-state index is 13.1. The minimum absolute atomic E-state index is 0.176. The van der Waals surface area contributed by atoms with Gasteiger partial charge in [0.05, 0.1) is 18.0 Å². The van der Waals surface area contributed by atoms with Gasteiger partial charge in [0.15, 0.2) is 0 Å². The largest absolute Gasteiger partial charge is 0.347 e. The van der Waals surface area contributed by atoms with Gasteiger partial charge < -0.3 is 5.32 Å². The lowest BCUT2D eigenvalue weighted by molar-refractivity contribution is -0.122. The van der Waals surface area contributed by atoms with Crippen LogP contribution in [0.4, 0.5) is 5.69 Å². The maximum Gasteiger partial charge on any atom is 0.244 e. The molecule has 0 aliphatic rings. The molecule has 0 fully saturated rings. The van der Waals surface area contributed by atoms with Crippen molar-refractivity contribution >= 4 is 21.6 Å². The second-order valence-corrected chi connectivity index (χ2v) is 9.75. The lowest BCUT2D eigenvalue weighted by Gasteiger charge is -2.30. The average Bonchev–Trinajstić information content (AvgIpc) is 2.60. The van der Waals surface area contributed by atoms with Crippen LogP contribution in [0.15, 0.2) is 36.4 Å². The molecule has 0 aliphatic heterocycles. The van der Waals surface area contributed by atoms with Crippen LogP contribution in [0.5, 0.6) is 0 Å². The molecular formula is C23H32N2O3S. The highest BCUT2D eigenvalue weighted by molar-refractivity contribution is 7.92. The van der Waals surface area contributed by atoms with Crippen LogP contribution in [0.3, 0.4) is 0 Å². The Hall–Kier alpha value is -2.34. The van der Waals surface area contributed by atoms with Crippen molar-refractivity contribution in [2.75, 3.05) is 10.6 Å². The molecule has 0 radical (unpaired) electrons. The number of amides is 1. The van der Waals surface area contributed by atoms with Gasteiger partial charge in [-0.25, -0.2) is 8.42 Å². The first-order valence-corrected chi connectivity index (χ1v) is 11.7. The Morgan fingerprint density at radius 2 is 1.59 bits per heavy atom. The van der Waals surface area contributed by atoms with Crippen molar-refractivity contribution in [1.82, 2.24) is 5.32 Å². The van der Waals surface area contributed by atoms with Gasteiger partial charge in [0, 0.05) is 0 Å². The number of sulfonamides is 1. The first-order valence-electron chi connectivity index (χ1n) is 9.89. The summed E-state index contributed by atoms with van der Waals surface area (Å²) in [6, 6.07) is 10.6. The summed E-state index contributed by atoms with van der Waals surface area (Å²) in [4.78, 5) is 13.1. The highest BCUT2D eigenvalue weighted by Crippen LogP contribution is 2.25. The molecule has 0 aromatic heterocycles. The van der Waals surface area contributed by atoms with E-state index in [1.165, 1.54) is 9.87 Å². The van der Waals surface area contributed by atoms with E-state index in [9.17, 15) is 13.2 Å². The smallest absolute Gasteiger partial charge is 0.244 e. The predicted molar refractivity (Wildman–Crippen MR) is 120 cm³/mol. The molecule has 2 atom stereocenters. The molecule has 1 N–H and O–H groups in total. The summed E-state index contributed by atoms with van der Waals surface area (Å²) >= 11 is 0. The molecule has 0 bridgehead atoms. The predicted octanol–water partition coefficient (Wildman–Crippen LogP) is 4.34. The Morgan fingerprint density at radius 1 is 1.00 bits per heavy atom. The van der Waals surface area contributed by atoms with Crippen molar-refractivity contribution in [3.63, 3.8) is 0 Å². The van der Waals surface area contributed by atoms with Crippen LogP contribution < -0.4 is 9.62 Å². The summed E-state index contributed by atoms with van der Waals surface area (Å²) in [7, 11) is -3.64. The second-order valence-electron chi connectivity index (χ2n) is 7.89. The van der Waals surface area contributed by atoms with Crippen molar-refractivity contribution in [2.45, 2.75) is 60.0 Å². The fourth-order valence-electron chi connectivity index (χ4n) is 3.58. The highest BCUT2D eigenvalue weighted by atomic mass is 32.2. The van der Waals surface area contributed by atoms with E-state index in [4.69, 9.17) is 0 Å². The molecule has 158 valence electrons. The summed E-state index contributed by atoms with van der Waals surface area (Å²) in [5.41, 5.74) is 5.78. The Balaban J connectivity index is 2.34. The van der Waals surface area contributed by atoms with Gasteiger partial charge >= 0.3 is 0 Å². The molecule has 29 heavy (non-hydrogen) atoms. The van der Waals surface area contributed by atoms with Crippen LogP contribution >= 0.6 is 0 Å². The summed E-state index contributed by atoms with van der Waals surface area (Å²) in [6.07, 6.45) is 1.85. The van der Waals surface area contributed by atoms with Crippen LogP contribution in [0.25, 0.3) is 0 Å². The fraction of sp³-hybridized carbons (Fsp3) is 0.435. The highest BCUT2D eigenvalue weighted by Gasteiger charge is 2.30. The average molecular weight is 417 g/mol. The first-order chi connectivity index (χ1) is 13.4. The molecule has 0 heterocycles. The second kappa shape index (κ2) is 8.99. The third-order valence-electron chi connectivity index (χ3n) is 5.21. The van der Waals surface area contributed by atoms with Gasteiger partial charge in [-0.2, -0.15) is 0 Å². The molecule has 2 rings (SSSR count). The van der Waals surface area contributed by atoms with Crippen LogP contribution in [0, 0.1) is 27.7 Å². The fourth-order valence-corrected chi connectivity index (χ4v) is 4.74. The van der Waals surface area contributed by atoms with Crippen molar-refractivity contribution in [3.8, 4) is 0 Å². The van der Waals surface area contributed by atoms with E-state index < -0.39 is 16.1 Å². The lowest BCUT2D eigenvalue weighted by atomic mass is 9.99. The monoisotopic (exact) mass is 416 g/mol. The summed E-state index contributed by atoms with van der Waals surface area (Å²) < 4.78 is 26.3. The van der Waals surface area contributed by atoms with Gasteiger partial charge in [-0.1, -0.05) is 31.2 Å². The molecule has 0 saturated carbocycles. The molecule has 2 aromatic carbocycles. The molecule has 0 spiro atoms. The zero-order chi connectivity index (χ0) is 21.9. The number of carbonyl (C=O) groups is 1. The Kier molecular flexibility index (Phi) is 7.11. The molecule has 2 aromatic rings. The number of rotatable bonds is 7. The number of aryl methyl sites for hydroxylation is 4. The van der Waals surface area contributed by atoms with E-state index >= 15 is 0 Å². The summed E-state index contributed by atoms with van der Waals surface area (Å²) in [6.45, 7) is 11.5. The SMILES string of the molecule is CC[C@@H](NC(=O)[C@H](C)N(c1cc(C)cc(C)c1)S(C)(=O)=O)c1ccc(C)c(C)c1. The molecular weight excluding hydrogens is 384 g/mol. The summed E-state index contributed by atoms with van der Waals surface area (Å²) in [5.74, 6) is -0.320. The number of benzene rings is 2. The topological polar surface area (TPSA) is 66.5 Å². The van der Waals surface area contributed by atoms with E-state index in [1.54, 1.807) is 19.1 Å². The van der Waals surface area contributed by atoms with Crippen molar-refractivity contribution in [3.05, 3.63) is 64.2 Å². The van der Waals surface area contributed by atoms with Crippen molar-refractivity contribution in [2.24, 2.45) is 0 Å². The van der Waals surface area contributed by atoms with Crippen molar-refractivity contribution in [1.29, 1.82) is 0 Å². The van der Waals surface area contributed by atoms with Gasteiger partial charge in [0.25, 0.3) is 0 Å². The Bertz CT molecular complexity index is 979. The third kappa shape index (κ3) is 5.60. The van der Waals surface area contributed by atoms with Gasteiger partial charge in [0.1, 0.15) is 6.04 Å². The van der Waals surface area contributed by atoms with Gasteiger partial charge in [-0.15, -0.1) is 0 Å². The van der Waals surface area contributed by atoms with E-state index in [-0.39, 0.29) is 11.9 Å². The molecule has 0 unspecified atom stereocenters. The van der Waals surface area contributed by atoms with Crippen LogP contribution in [-0.2, 0) is 14.8 Å². The zero-order valence-electron chi connectivity index (χ0n) is 18.4. The lowest BCUT2D eigenvalue weighted by Crippen LogP contribution is -2.48. The van der Waals surface area contributed by atoms with E-state index in [0.29, 0.717) is 12.1 Å². The number of nitrogens with one attached hydrogen (secondary N) is 1. The van der Waals surface area contributed by atoms with Gasteiger partial charge in [-0.05, 0) is 81.0 Å². The molecule has 5 nitrogen and oxygen atoms in total. The number of hydrogen-bond acceptors (Lipinski definition) is 3. The Labute approximate surface area is 175 Å². The third-order valence-corrected chi connectivity index (χ3v) is 6.45. The normalized spacial score (nSPS) is 13.6. The number of anilines is 1. The number of nitrogens with zero attached hydrogens (tertiary/aromatic N) is 1. The summed E-state index contributed by atoms with van der Waals surface area (Å²) in [5, 5.41) is 3.04. The van der Waals surface area contributed by atoms with E-state index in [2.05, 4.69) is 18.3 Å².